The van der Waals surface area contributed by atoms with Gasteiger partial charge in [0.2, 0.25) is 5.89 Å². The third-order valence-corrected chi connectivity index (χ3v) is 8.52. The summed E-state index contributed by atoms with van der Waals surface area (Å²) in [6.45, 7) is 2.33. The van der Waals surface area contributed by atoms with Gasteiger partial charge in [-0.15, -0.1) is 0 Å². The average Bonchev–Trinajstić information content (AvgIpc) is 3.54. The molecular weight excluding hydrogens is 638 g/mol. The molecule has 5 aromatic carbocycles. The van der Waals surface area contributed by atoms with E-state index in [9.17, 15) is 9.59 Å². The standard InChI is InChI=1S/C43H41N3O5/c1-30-40(46-43(51-30)33-13-6-3-7-14-33)25-26-49-37-23-19-31(20-24-37)27-35(21-22-36(47)29-50-38-16-10-15-34(44)28-38)45-41-18-9-8-17-39(41)42(48)32-11-4-2-5-12-32/h2-20,23-24,28,35,45H,21-22,25-27,29,44H2,1H3/t35-/m1/s1. The zero-order valence-corrected chi connectivity index (χ0v) is 28.6. The fraction of sp³-hybridized carbons (Fsp3) is 0.186. The molecule has 0 aliphatic carbocycles. The maximum atomic E-state index is 13.5. The Labute approximate surface area is 298 Å². The molecule has 0 bridgehead atoms. The molecule has 51 heavy (non-hydrogen) atoms. The molecule has 1 heterocycles. The number of carbonyl (C=O) groups excluding carboxylic acids is 2. The number of rotatable bonds is 17. The molecule has 0 spiro atoms. The minimum atomic E-state index is -0.147. The minimum absolute atomic E-state index is 0.0279. The number of para-hydroxylation sites is 1. The second-order valence-corrected chi connectivity index (χ2v) is 12.4. The van der Waals surface area contributed by atoms with Crippen molar-refractivity contribution in [3.05, 3.63) is 162 Å². The van der Waals surface area contributed by atoms with Crippen LogP contribution in [0.15, 0.2) is 138 Å². The van der Waals surface area contributed by atoms with E-state index in [1.165, 1.54) is 0 Å². The largest absolute Gasteiger partial charge is 0.493 e. The topological polar surface area (TPSA) is 117 Å². The van der Waals surface area contributed by atoms with Crippen molar-refractivity contribution < 1.29 is 23.5 Å². The molecule has 0 fully saturated rings. The van der Waals surface area contributed by atoms with Crippen molar-refractivity contribution in [2.75, 3.05) is 24.3 Å². The second-order valence-electron chi connectivity index (χ2n) is 12.4. The van der Waals surface area contributed by atoms with Gasteiger partial charge in [0.05, 0.1) is 12.3 Å². The van der Waals surface area contributed by atoms with Crippen LogP contribution in [0, 0.1) is 6.92 Å². The number of Topliss-reactive ketones (excluding diaryl/α,β-unsaturated/α-hetero) is 1. The van der Waals surface area contributed by atoms with Crippen molar-refractivity contribution in [1.29, 1.82) is 0 Å². The van der Waals surface area contributed by atoms with Crippen LogP contribution in [0.3, 0.4) is 0 Å². The van der Waals surface area contributed by atoms with Crippen LogP contribution in [0.1, 0.15) is 45.8 Å². The van der Waals surface area contributed by atoms with Gasteiger partial charge in [-0.2, -0.15) is 0 Å². The Bertz CT molecular complexity index is 2040. The molecule has 258 valence electrons. The Kier molecular flexibility index (Phi) is 11.6. The maximum Gasteiger partial charge on any atom is 0.226 e. The van der Waals surface area contributed by atoms with Crippen molar-refractivity contribution in [1.82, 2.24) is 4.98 Å². The van der Waals surface area contributed by atoms with E-state index in [1.807, 2.05) is 116 Å². The molecule has 0 aliphatic heterocycles. The number of nitrogen functional groups attached to an aromatic ring is 1. The van der Waals surface area contributed by atoms with Gasteiger partial charge in [0, 0.05) is 53.0 Å². The van der Waals surface area contributed by atoms with Gasteiger partial charge in [0.15, 0.2) is 11.6 Å². The number of anilines is 2. The number of aryl methyl sites for hydroxylation is 1. The lowest BCUT2D eigenvalue weighted by molar-refractivity contribution is -0.121. The number of hydrogen-bond donors (Lipinski definition) is 2. The summed E-state index contributed by atoms with van der Waals surface area (Å²) >= 11 is 0. The van der Waals surface area contributed by atoms with Crippen LogP contribution in [0.5, 0.6) is 11.5 Å². The fourth-order valence-corrected chi connectivity index (χ4v) is 5.81. The van der Waals surface area contributed by atoms with E-state index in [-0.39, 0.29) is 24.2 Å². The molecule has 6 rings (SSSR count). The zero-order valence-electron chi connectivity index (χ0n) is 28.6. The van der Waals surface area contributed by atoms with Crippen molar-refractivity contribution in [3.8, 4) is 23.0 Å². The quantitative estimate of drug-likeness (QED) is 0.0728. The van der Waals surface area contributed by atoms with E-state index in [4.69, 9.17) is 19.6 Å². The Hall–Kier alpha value is -6.15. The van der Waals surface area contributed by atoms with Crippen LogP contribution in [-0.2, 0) is 17.6 Å². The third kappa shape index (κ3) is 9.73. The molecule has 0 amide bonds. The number of nitrogens with zero attached hydrogens (tertiary/aromatic N) is 1. The highest BCUT2D eigenvalue weighted by Gasteiger charge is 2.18. The first kappa shape index (κ1) is 34.7. The Morgan fingerprint density at radius 2 is 1.53 bits per heavy atom. The van der Waals surface area contributed by atoms with E-state index >= 15 is 0 Å². The van der Waals surface area contributed by atoms with E-state index < -0.39 is 0 Å². The Balaban J connectivity index is 1.10. The summed E-state index contributed by atoms with van der Waals surface area (Å²) in [6, 6.07) is 41.4. The second kappa shape index (κ2) is 17.0. The molecule has 0 saturated heterocycles. The number of aromatic nitrogens is 1. The van der Waals surface area contributed by atoms with Crippen LogP contribution >= 0.6 is 0 Å². The number of carbonyl (C=O) groups is 2. The fourth-order valence-electron chi connectivity index (χ4n) is 5.81. The van der Waals surface area contributed by atoms with E-state index in [0.29, 0.717) is 60.7 Å². The third-order valence-electron chi connectivity index (χ3n) is 8.52. The van der Waals surface area contributed by atoms with Crippen molar-refractivity contribution in [2.45, 2.75) is 38.6 Å². The van der Waals surface area contributed by atoms with Crippen molar-refractivity contribution in [2.24, 2.45) is 0 Å². The van der Waals surface area contributed by atoms with Crippen LogP contribution < -0.4 is 20.5 Å². The maximum absolute atomic E-state index is 13.5. The van der Waals surface area contributed by atoms with E-state index in [0.717, 1.165) is 34.0 Å². The zero-order chi connectivity index (χ0) is 35.4. The normalized spacial score (nSPS) is 11.5. The highest BCUT2D eigenvalue weighted by Crippen LogP contribution is 2.25. The molecular formula is C43H41N3O5. The van der Waals surface area contributed by atoms with Gasteiger partial charge in [0.25, 0.3) is 0 Å². The summed E-state index contributed by atoms with van der Waals surface area (Å²) in [6.07, 6.45) is 2.07. The number of nitrogens with two attached hydrogens (primary N) is 1. The predicted octanol–water partition coefficient (Wildman–Crippen LogP) is 8.54. The van der Waals surface area contributed by atoms with E-state index in [2.05, 4.69) is 10.3 Å². The summed E-state index contributed by atoms with van der Waals surface area (Å²) in [5, 5.41) is 3.59. The SMILES string of the molecule is Cc1oc(-c2ccccc2)nc1CCOc1ccc(C[C@@H](CCC(=O)COc2cccc(N)c2)Nc2ccccc2C(=O)c2ccccc2)cc1. The van der Waals surface area contributed by atoms with Crippen LogP contribution in [0.4, 0.5) is 11.4 Å². The summed E-state index contributed by atoms with van der Waals surface area (Å²) in [5.74, 6) is 2.61. The smallest absolute Gasteiger partial charge is 0.226 e. The Morgan fingerprint density at radius 1 is 0.804 bits per heavy atom. The lowest BCUT2D eigenvalue weighted by Gasteiger charge is -2.22. The molecule has 1 atom stereocenters. The summed E-state index contributed by atoms with van der Waals surface area (Å²) < 4.78 is 17.7. The average molecular weight is 680 g/mol. The first-order chi connectivity index (χ1) is 24.9. The van der Waals surface area contributed by atoms with Crippen LogP contribution in [-0.4, -0.2) is 35.8 Å². The number of oxazole rings is 1. The minimum Gasteiger partial charge on any atom is -0.493 e. The van der Waals surface area contributed by atoms with Crippen LogP contribution in [0.2, 0.25) is 0 Å². The van der Waals surface area contributed by atoms with Gasteiger partial charge in [-0.1, -0.05) is 78.9 Å². The van der Waals surface area contributed by atoms with Gasteiger partial charge in [-0.25, -0.2) is 4.98 Å². The number of nitrogens with one attached hydrogen (secondary N) is 1. The number of benzene rings is 5. The monoisotopic (exact) mass is 679 g/mol. The molecule has 0 saturated carbocycles. The summed E-state index contributed by atoms with van der Waals surface area (Å²) in [5.41, 5.74) is 11.2. The highest BCUT2D eigenvalue weighted by molar-refractivity contribution is 6.12. The van der Waals surface area contributed by atoms with Gasteiger partial charge >= 0.3 is 0 Å². The highest BCUT2D eigenvalue weighted by atomic mass is 16.5. The number of hydrogen-bond acceptors (Lipinski definition) is 8. The molecule has 6 aromatic rings. The molecule has 0 aliphatic rings. The molecule has 1 aromatic heterocycles. The molecule has 8 nitrogen and oxygen atoms in total. The van der Waals surface area contributed by atoms with Gasteiger partial charge in [-0.05, 0) is 73.9 Å². The number of ketones is 2. The van der Waals surface area contributed by atoms with Crippen molar-refractivity contribution in [3.63, 3.8) is 0 Å². The predicted molar refractivity (Wildman–Crippen MR) is 200 cm³/mol. The van der Waals surface area contributed by atoms with Crippen molar-refractivity contribution >= 4 is 22.9 Å². The Morgan fingerprint density at radius 3 is 2.29 bits per heavy atom. The van der Waals surface area contributed by atoms with Gasteiger partial charge < -0.3 is 24.9 Å². The summed E-state index contributed by atoms with van der Waals surface area (Å²) in [4.78, 5) is 31.1. The molecule has 0 radical (unpaired) electrons. The lowest BCUT2D eigenvalue weighted by atomic mass is 9.97. The summed E-state index contributed by atoms with van der Waals surface area (Å²) in [7, 11) is 0. The lowest BCUT2D eigenvalue weighted by Crippen LogP contribution is -2.25. The van der Waals surface area contributed by atoms with Gasteiger partial charge in [0.1, 0.15) is 23.9 Å². The molecule has 0 unspecified atom stereocenters. The molecule has 3 N–H and O–H groups in total. The van der Waals surface area contributed by atoms with E-state index in [1.54, 1.807) is 24.3 Å². The number of ether oxygens (including phenoxy) is 2. The van der Waals surface area contributed by atoms with Crippen LogP contribution in [0.25, 0.3) is 11.5 Å². The first-order valence-corrected chi connectivity index (χ1v) is 17.1. The molecule has 8 heteroatoms. The van der Waals surface area contributed by atoms with Gasteiger partial charge in [-0.3, -0.25) is 9.59 Å². The first-order valence-electron chi connectivity index (χ1n) is 17.1.